The molecule has 1 aromatic heterocycles. The van der Waals surface area contributed by atoms with E-state index in [1.54, 1.807) is 18.2 Å². The Balaban J connectivity index is 1.50. The zero-order valence-electron chi connectivity index (χ0n) is 23.1. The maximum absolute atomic E-state index is 14.9. The van der Waals surface area contributed by atoms with Crippen molar-refractivity contribution in [2.75, 3.05) is 24.3 Å². The van der Waals surface area contributed by atoms with Crippen LogP contribution in [0.3, 0.4) is 0 Å². The van der Waals surface area contributed by atoms with Crippen LogP contribution in [-0.4, -0.2) is 46.6 Å². The molecule has 1 fully saturated rings. The zero-order valence-corrected chi connectivity index (χ0v) is 24.6. The number of anilines is 2. The Bertz CT molecular complexity index is 1630. The monoisotopic (exact) mass is 633 g/mol. The van der Waals surface area contributed by atoms with Crippen molar-refractivity contribution in [2.24, 2.45) is 0 Å². The molecule has 2 bridgehead atoms. The van der Waals surface area contributed by atoms with E-state index in [-0.39, 0.29) is 41.9 Å². The van der Waals surface area contributed by atoms with Crippen LogP contribution in [0.15, 0.2) is 42.5 Å². The van der Waals surface area contributed by atoms with Gasteiger partial charge in [0.05, 0.1) is 29.4 Å². The van der Waals surface area contributed by atoms with Crippen molar-refractivity contribution in [3.05, 3.63) is 75.7 Å². The van der Waals surface area contributed by atoms with Gasteiger partial charge in [-0.05, 0) is 50.1 Å². The van der Waals surface area contributed by atoms with Crippen LogP contribution in [0.25, 0.3) is 11.3 Å². The van der Waals surface area contributed by atoms with E-state index in [9.17, 15) is 23.2 Å². The number of aromatic nitrogens is 2. The van der Waals surface area contributed by atoms with E-state index in [0.29, 0.717) is 34.9 Å². The molecule has 2 aromatic carbocycles. The number of allylic oxidation sites excluding steroid dienone is 1. The molecule has 1 saturated heterocycles. The Labute approximate surface area is 255 Å². The Morgan fingerprint density at radius 3 is 2.74 bits per heavy atom. The number of methoxy groups -OCH3 is 1. The predicted molar refractivity (Wildman–Crippen MR) is 156 cm³/mol. The highest BCUT2D eigenvalue weighted by molar-refractivity contribution is 6.32. The summed E-state index contributed by atoms with van der Waals surface area (Å²) in [4.78, 5) is 47.1. The molecule has 2 unspecified atom stereocenters. The van der Waals surface area contributed by atoms with Crippen molar-refractivity contribution in [3.63, 3.8) is 0 Å². The summed E-state index contributed by atoms with van der Waals surface area (Å²) in [5, 5.41) is 5.26. The normalized spacial score (nSPS) is 20.6. The first-order valence-electron chi connectivity index (χ1n) is 13.3. The largest absolute Gasteiger partial charge is 0.453 e. The highest BCUT2D eigenvalue weighted by atomic mass is 35.5. The van der Waals surface area contributed by atoms with E-state index in [2.05, 4.69) is 20.4 Å². The van der Waals surface area contributed by atoms with Crippen molar-refractivity contribution in [3.8, 4) is 11.3 Å². The van der Waals surface area contributed by atoms with Gasteiger partial charge < -0.3 is 19.8 Å². The Morgan fingerprint density at radius 1 is 1.21 bits per heavy atom. The van der Waals surface area contributed by atoms with E-state index in [4.69, 9.17) is 32.9 Å². The Kier molecular flexibility index (Phi) is 8.61. The number of nitrogens with zero attached hydrogens (tertiary/aromatic N) is 2. The zero-order chi connectivity index (χ0) is 30.9. The minimum absolute atomic E-state index is 0.0612. The number of nitrogens with one attached hydrogen (secondary N) is 3. The first kappa shape index (κ1) is 30.3. The molecule has 0 radical (unpaired) electrons. The molecule has 3 amide bonds. The molecule has 0 aliphatic carbocycles. The second-order valence-corrected chi connectivity index (χ2v) is 11.0. The lowest BCUT2D eigenvalue weighted by molar-refractivity contribution is -0.116. The molecule has 0 saturated carbocycles. The number of benzene rings is 2. The van der Waals surface area contributed by atoms with Gasteiger partial charge in [-0.25, -0.2) is 23.4 Å². The number of aromatic amines is 1. The Hall–Kier alpha value is -4.16. The quantitative estimate of drug-likeness (QED) is 0.205. The number of imidazole rings is 1. The van der Waals surface area contributed by atoms with Crippen LogP contribution < -0.4 is 10.6 Å². The fourth-order valence-electron chi connectivity index (χ4n) is 5.16. The highest BCUT2D eigenvalue weighted by Crippen LogP contribution is 2.42. The summed E-state index contributed by atoms with van der Waals surface area (Å²) in [5.41, 5.74) is -0.547. The van der Waals surface area contributed by atoms with E-state index in [0.717, 1.165) is 12.1 Å². The Morgan fingerprint density at radius 2 is 2.00 bits per heavy atom. The number of H-pyrrole nitrogens is 1. The second-order valence-electron chi connectivity index (χ2n) is 10.2. The van der Waals surface area contributed by atoms with E-state index >= 15 is 0 Å². The number of rotatable bonds is 3. The number of carbonyl (C=O) groups is 3. The van der Waals surface area contributed by atoms with Crippen molar-refractivity contribution in [2.45, 2.75) is 44.2 Å². The highest BCUT2D eigenvalue weighted by Gasteiger charge is 2.45. The fraction of sp³-hybridized carbons (Fsp3) is 0.310. The molecule has 3 N–H and O–H groups in total. The van der Waals surface area contributed by atoms with E-state index in [1.165, 1.54) is 18.9 Å². The lowest BCUT2D eigenvalue weighted by atomic mass is 9.89. The van der Waals surface area contributed by atoms with Crippen molar-refractivity contribution in [1.82, 2.24) is 14.9 Å². The van der Waals surface area contributed by atoms with Gasteiger partial charge >= 0.3 is 12.2 Å². The summed E-state index contributed by atoms with van der Waals surface area (Å²) in [5.74, 6) is -1.80. The fourth-order valence-corrected chi connectivity index (χ4v) is 5.56. The summed E-state index contributed by atoms with van der Waals surface area (Å²) in [6, 6.07) is 6.23. The van der Waals surface area contributed by atoms with E-state index < -0.39 is 41.0 Å². The molecule has 2 aliphatic heterocycles. The smallest absolute Gasteiger partial charge is 0.411 e. The molecule has 2 aliphatic rings. The molecule has 226 valence electrons. The van der Waals surface area contributed by atoms with Gasteiger partial charge in [0.2, 0.25) is 5.91 Å². The number of cyclic esters (lactones) is 1. The average molecular weight is 634 g/mol. The van der Waals surface area contributed by atoms with Crippen LogP contribution >= 0.6 is 23.2 Å². The third-order valence-electron chi connectivity index (χ3n) is 7.36. The summed E-state index contributed by atoms with van der Waals surface area (Å²) in [7, 11) is 1.23. The van der Waals surface area contributed by atoms with Gasteiger partial charge in [0, 0.05) is 30.6 Å². The summed E-state index contributed by atoms with van der Waals surface area (Å²) >= 11 is 12.5. The van der Waals surface area contributed by atoms with Gasteiger partial charge in [0.25, 0.3) is 0 Å². The second kappa shape index (κ2) is 12.2. The van der Waals surface area contributed by atoms with Gasteiger partial charge in [-0.3, -0.25) is 15.0 Å². The van der Waals surface area contributed by atoms with Gasteiger partial charge in [0.15, 0.2) is 5.82 Å². The van der Waals surface area contributed by atoms with Gasteiger partial charge in [-0.1, -0.05) is 35.4 Å². The maximum Gasteiger partial charge on any atom is 0.411 e. The van der Waals surface area contributed by atoms with E-state index in [1.807, 2.05) is 12.2 Å². The number of amides is 3. The van der Waals surface area contributed by atoms with Crippen LogP contribution in [0.2, 0.25) is 10.2 Å². The van der Waals surface area contributed by atoms with Crippen LogP contribution in [0.4, 0.5) is 29.7 Å². The molecule has 5 rings (SSSR count). The minimum atomic E-state index is -1.60. The average Bonchev–Trinajstić information content (AvgIpc) is 3.34. The summed E-state index contributed by atoms with van der Waals surface area (Å²) < 4.78 is 40.0. The molecule has 3 heterocycles. The standard InChI is InChI=1S/C29H27Cl2F2N5O5/c1-29(22-18(32)11-10-17(30)23(22)33)12-13-38(28(41)43-29)20-6-4-3-5-7-21(39)35-19-14-15(34-27(40)42-2)8-9-16(19)24-25(31)37-26(20)36-24/h3-4,8-11,14,20H,5-7,12-13H2,1-2H3,(H,34,40)(H,35,39)(H,36,37). The molecule has 2 atom stereocenters. The van der Waals surface area contributed by atoms with Crippen molar-refractivity contribution < 1.29 is 32.6 Å². The van der Waals surface area contributed by atoms with Crippen molar-refractivity contribution >= 4 is 52.7 Å². The van der Waals surface area contributed by atoms with Crippen LogP contribution in [-0.2, 0) is 19.9 Å². The van der Waals surface area contributed by atoms with Gasteiger partial charge in [-0.15, -0.1) is 0 Å². The number of hydrogen-bond donors (Lipinski definition) is 3. The van der Waals surface area contributed by atoms with Crippen molar-refractivity contribution in [1.29, 1.82) is 0 Å². The first-order chi connectivity index (χ1) is 20.5. The van der Waals surface area contributed by atoms with Crippen LogP contribution in [0.5, 0.6) is 0 Å². The molecule has 0 spiro atoms. The van der Waals surface area contributed by atoms with Crippen LogP contribution in [0, 0.1) is 11.6 Å². The lowest BCUT2D eigenvalue weighted by Crippen LogP contribution is -2.48. The predicted octanol–water partition coefficient (Wildman–Crippen LogP) is 7.32. The number of ether oxygens (including phenoxy) is 2. The molecule has 3 aromatic rings. The minimum Gasteiger partial charge on any atom is -0.453 e. The number of hydrogen-bond acceptors (Lipinski definition) is 6. The third kappa shape index (κ3) is 6.16. The lowest BCUT2D eigenvalue weighted by Gasteiger charge is -2.41. The van der Waals surface area contributed by atoms with Crippen LogP contribution in [0.1, 0.15) is 50.0 Å². The van der Waals surface area contributed by atoms with Gasteiger partial charge in [0.1, 0.15) is 28.1 Å². The molecule has 43 heavy (non-hydrogen) atoms. The molecular formula is C29H27Cl2F2N5O5. The first-order valence-corrected chi connectivity index (χ1v) is 14.1. The summed E-state index contributed by atoms with van der Waals surface area (Å²) in [6.45, 7) is 1.52. The topological polar surface area (TPSA) is 126 Å². The maximum atomic E-state index is 14.9. The molecule has 14 heteroatoms. The SMILES string of the molecule is COC(=O)Nc1ccc2c(c1)NC(=O)CCC=CCC(N1CCC(C)(c3c(F)ccc(Cl)c3F)OC1=O)c1nc-2c(Cl)[nH]1. The summed E-state index contributed by atoms with van der Waals surface area (Å²) in [6.07, 6.45) is 3.05. The van der Waals surface area contributed by atoms with Gasteiger partial charge in [-0.2, -0.15) is 0 Å². The molecular weight excluding hydrogens is 607 g/mol. The molecule has 10 nitrogen and oxygen atoms in total. The number of carbonyl (C=O) groups excluding carboxylic acids is 3. The number of halogens is 4. The number of fused-ring (bicyclic) bond motifs is 4. The third-order valence-corrected chi connectivity index (χ3v) is 7.93.